The Bertz CT molecular complexity index is 1250. The Morgan fingerprint density at radius 2 is 1.88 bits per heavy atom. The van der Waals surface area contributed by atoms with Crippen molar-refractivity contribution < 1.29 is 17.9 Å². The van der Waals surface area contributed by atoms with Gasteiger partial charge in [0.05, 0.1) is 21.6 Å². The van der Waals surface area contributed by atoms with Crippen LogP contribution in [0.2, 0.25) is 0 Å². The van der Waals surface area contributed by atoms with E-state index in [-0.39, 0.29) is 10.8 Å². The number of likely N-dealkylation sites (N-methyl/N-ethyl adjacent to an activating group) is 1. The molecule has 1 unspecified atom stereocenters. The quantitative estimate of drug-likeness (QED) is 0.637. The third kappa shape index (κ3) is 4.63. The van der Waals surface area contributed by atoms with Gasteiger partial charge in [0.25, 0.3) is 10.0 Å². The average molecular weight is 457 g/mol. The third-order valence-corrected chi connectivity index (χ3v) is 6.72. The molecule has 1 atom stereocenters. The highest BCUT2D eigenvalue weighted by Gasteiger charge is 2.31. The first-order valence-corrected chi connectivity index (χ1v) is 12.0. The van der Waals surface area contributed by atoms with Gasteiger partial charge in [-0.3, -0.25) is 4.72 Å². The molecule has 1 N–H and O–H groups in total. The molecule has 1 saturated heterocycles. The molecule has 0 aliphatic carbocycles. The number of ether oxygens (including phenoxy) is 1. The Morgan fingerprint density at radius 3 is 2.50 bits per heavy atom. The molecule has 0 bridgehead atoms. The number of benzene rings is 2. The number of anilines is 1. The van der Waals surface area contributed by atoms with Crippen molar-refractivity contribution in [2.75, 3.05) is 24.9 Å². The van der Waals surface area contributed by atoms with Crippen LogP contribution in [0.5, 0.6) is 0 Å². The van der Waals surface area contributed by atoms with Gasteiger partial charge >= 0.3 is 6.09 Å². The van der Waals surface area contributed by atoms with E-state index in [1.807, 2.05) is 27.8 Å². The van der Waals surface area contributed by atoms with E-state index in [1.165, 1.54) is 16.7 Å². The van der Waals surface area contributed by atoms with E-state index in [0.717, 1.165) is 19.5 Å². The van der Waals surface area contributed by atoms with Crippen LogP contribution in [0.25, 0.3) is 11.0 Å². The predicted molar refractivity (Wildman–Crippen MR) is 123 cm³/mol. The fourth-order valence-electron chi connectivity index (χ4n) is 3.89. The summed E-state index contributed by atoms with van der Waals surface area (Å²) in [5.74, 6) is 0.728. The fourth-order valence-corrected chi connectivity index (χ4v) is 4.96. The molecule has 8 nitrogen and oxygen atoms in total. The maximum atomic E-state index is 13.2. The summed E-state index contributed by atoms with van der Waals surface area (Å²) in [6.07, 6.45) is 0.364. The molecule has 0 radical (unpaired) electrons. The van der Waals surface area contributed by atoms with Crippen molar-refractivity contribution in [3.63, 3.8) is 0 Å². The van der Waals surface area contributed by atoms with Gasteiger partial charge in [0.1, 0.15) is 11.4 Å². The lowest BCUT2D eigenvalue weighted by molar-refractivity contribution is 0.0537. The van der Waals surface area contributed by atoms with Crippen LogP contribution in [0.1, 0.15) is 38.9 Å². The molecular weight excluding hydrogens is 428 g/mol. The molecule has 0 spiro atoms. The number of rotatable bonds is 4. The fraction of sp³-hybridized carbons (Fsp3) is 0.391. The molecule has 2 aromatic carbocycles. The third-order valence-electron chi connectivity index (χ3n) is 5.32. The molecule has 1 aromatic heterocycles. The molecule has 3 aromatic rings. The van der Waals surface area contributed by atoms with Gasteiger partial charge in [0, 0.05) is 12.5 Å². The molecule has 0 amide bonds. The van der Waals surface area contributed by atoms with Crippen molar-refractivity contribution in [2.45, 2.75) is 43.6 Å². The summed E-state index contributed by atoms with van der Waals surface area (Å²) >= 11 is 0. The van der Waals surface area contributed by atoms with Crippen molar-refractivity contribution in [1.82, 2.24) is 14.5 Å². The summed E-state index contributed by atoms with van der Waals surface area (Å²) in [7, 11) is -1.72. The lowest BCUT2D eigenvalue weighted by atomic mass is 10.1. The number of fused-ring (bicyclic) bond motifs is 1. The van der Waals surface area contributed by atoms with Crippen LogP contribution in [-0.2, 0) is 14.8 Å². The van der Waals surface area contributed by atoms with E-state index in [4.69, 9.17) is 9.72 Å². The van der Waals surface area contributed by atoms with Gasteiger partial charge < -0.3 is 9.64 Å². The Hall–Kier alpha value is -2.91. The predicted octanol–water partition coefficient (Wildman–Crippen LogP) is 4.04. The topological polar surface area (TPSA) is 93.5 Å². The second-order valence-electron chi connectivity index (χ2n) is 9.16. The first kappa shape index (κ1) is 22.3. The molecule has 1 aliphatic heterocycles. The van der Waals surface area contributed by atoms with E-state index in [2.05, 4.69) is 9.62 Å². The van der Waals surface area contributed by atoms with Crippen molar-refractivity contribution in [3.05, 3.63) is 54.4 Å². The largest absolute Gasteiger partial charge is 0.443 e. The zero-order valence-corrected chi connectivity index (χ0v) is 19.5. The average Bonchev–Trinajstić information content (AvgIpc) is 3.30. The van der Waals surface area contributed by atoms with E-state index < -0.39 is 21.7 Å². The number of sulfonamides is 1. The van der Waals surface area contributed by atoms with E-state index in [1.54, 1.807) is 36.4 Å². The summed E-state index contributed by atoms with van der Waals surface area (Å²) in [5, 5.41) is 0. The molecule has 4 rings (SSSR count). The smallest absolute Gasteiger partial charge is 0.420 e. The van der Waals surface area contributed by atoms with Gasteiger partial charge in [-0.1, -0.05) is 18.2 Å². The number of imidazole rings is 1. The Labute approximate surface area is 188 Å². The van der Waals surface area contributed by atoms with E-state index in [0.29, 0.717) is 22.5 Å². The summed E-state index contributed by atoms with van der Waals surface area (Å²) in [5.41, 5.74) is 0.797. The van der Waals surface area contributed by atoms with Gasteiger partial charge in [-0.15, -0.1) is 0 Å². The first-order chi connectivity index (χ1) is 15.0. The standard InChI is InChI=1S/C23H28N4O4S/c1-23(2,3)31-22(28)27-20-14-17(25-32(29,30)18-8-6-5-7-9-18)10-11-19(20)24-21(27)16-12-13-26(4)15-16/h5-11,14,16,25H,12-13,15H2,1-4H3. The summed E-state index contributed by atoms with van der Waals surface area (Å²) in [4.78, 5) is 20.3. The van der Waals surface area contributed by atoms with Crippen LogP contribution >= 0.6 is 0 Å². The molecule has 1 fully saturated rings. The first-order valence-electron chi connectivity index (χ1n) is 10.6. The number of nitrogens with zero attached hydrogens (tertiary/aromatic N) is 3. The second kappa shape index (κ2) is 8.22. The molecule has 9 heteroatoms. The van der Waals surface area contributed by atoms with Gasteiger partial charge in [0.15, 0.2) is 0 Å². The summed E-state index contributed by atoms with van der Waals surface area (Å²) in [6, 6.07) is 13.2. The van der Waals surface area contributed by atoms with Crippen LogP contribution in [-0.4, -0.2) is 54.7 Å². The lowest BCUT2D eigenvalue weighted by Gasteiger charge is -2.21. The van der Waals surface area contributed by atoms with Gasteiger partial charge in [-0.25, -0.2) is 22.8 Å². The number of hydrogen-bond acceptors (Lipinski definition) is 6. The number of carbonyl (C=O) groups is 1. The van der Waals surface area contributed by atoms with Crippen LogP contribution in [0.15, 0.2) is 53.4 Å². The minimum absolute atomic E-state index is 0.0874. The Kier molecular flexibility index (Phi) is 5.72. The number of nitrogens with one attached hydrogen (secondary N) is 1. The minimum atomic E-state index is -3.76. The summed E-state index contributed by atoms with van der Waals surface area (Å²) in [6.45, 7) is 7.15. The maximum Gasteiger partial charge on any atom is 0.420 e. The molecule has 32 heavy (non-hydrogen) atoms. The molecule has 2 heterocycles. The highest BCUT2D eigenvalue weighted by molar-refractivity contribution is 7.92. The molecule has 0 saturated carbocycles. The van der Waals surface area contributed by atoms with E-state index in [9.17, 15) is 13.2 Å². The molecule has 1 aliphatic rings. The summed E-state index contributed by atoms with van der Waals surface area (Å²) < 4.78 is 35.3. The van der Waals surface area contributed by atoms with Crippen LogP contribution in [0, 0.1) is 0 Å². The van der Waals surface area contributed by atoms with Crippen LogP contribution < -0.4 is 4.72 Å². The second-order valence-corrected chi connectivity index (χ2v) is 10.8. The highest BCUT2D eigenvalue weighted by atomic mass is 32.2. The Morgan fingerprint density at radius 1 is 1.16 bits per heavy atom. The minimum Gasteiger partial charge on any atom is -0.443 e. The zero-order valence-electron chi connectivity index (χ0n) is 18.7. The SMILES string of the molecule is CN1CCC(c2nc3ccc(NS(=O)(=O)c4ccccc4)cc3n2C(=O)OC(C)(C)C)C1. The monoisotopic (exact) mass is 456 g/mol. The number of aromatic nitrogens is 2. The number of hydrogen-bond donors (Lipinski definition) is 1. The Balaban J connectivity index is 1.77. The lowest BCUT2D eigenvalue weighted by Crippen LogP contribution is -2.29. The molecular formula is C23H28N4O4S. The van der Waals surface area contributed by atoms with Crippen molar-refractivity contribution >= 4 is 32.8 Å². The van der Waals surface area contributed by atoms with Crippen LogP contribution in [0.4, 0.5) is 10.5 Å². The highest BCUT2D eigenvalue weighted by Crippen LogP contribution is 2.31. The number of carbonyl (C=O) groups excluding carboxylic acids is 1. The normalized spacial score (nSPS) is 17.6. The van der Waals surface area contributed by atoms with Crippen LogP contribution in [0.3, 0.4) is 0 Å². The zero-order chi connectivity index (χ0) is 23.1. The van der Waals surface area contributed by atoms with E-state index >= 15 is 0 Å². The van der Waals surface area contributed by atoms with Crippen molar-refractivity contribution in [2.24, 2.45) is 0 Å². The number of likely N-dealkylation sites (tertiary alicyclic amines) is 1. The van der Waals surface area contributed by atoms with Gasteiger partial charge in [-0.05, 0) is 71.1 Å². The van der Waals surface area contributed by atoms with Crippen molar-refractivity contribution in [3.8, 4) is 0 Å². The van der Waals surface area contributed by atoms with Gasteiger partial charge in [0.2, 0.25) is 0 Å². The molecule has 170 valence electrons. The van der Waals surface area contributed by atoms with Crippen molar-refractivity contribution in [1.29, 1.82) is 0 Å². The maximum absolute atomic E-state index is 13.2. The van der Waals surface area contributed by atoms with Gasteiger partial charge in [-0.2, -0.15) is 0 Å².